The van der Waals surface area contributed by atoms with Crippen LogP contribution in [0.15, 0.2) is 54.2 Å². The molecule has 1 aliphatic carbocycles. The lowest BCUT2D eigenvalue weighted by Gasteiger charge is -2.37. The third kappa shape index (κ3) is 4.88. The van der Waals surface area contributed by atoms with Gasteiger partial charge in [0, 0.05) is 0 Å². The van der Waals surface area contributed by atoms with Crippen LogP contribution in [0.25, 0.3) is 11.1 Å². The van der Waals surface area contributed by atoms with Gasteiger partial charge < -0.3 is 0 Å². The van der Waals surface area contributed by atoms with E-state index < -0.39 is 11.6 Å². The van der Waals surface area contributed by atoms with Crippen molar-refractivity contribution in [1.29, 1.82) is 0 Å². The van der Waals surface area contributed by atoms with E-state index in [1.54, 1.807) is 6.07 Å². The molecule has 0 atom stereocenters. The molecule has 3 heteroatoms. The van der Waals surface area contributed by atoms with Crippen LogP contribution in [0.5, 0.6) is 0 Å². The van der Waals surface area contributed by atoms with Gasteiger partial charge >= 0.3 is 0 Å². The molecule has 1 aliphatic heterocycles. The number of halogens is 2. The Kier molecular flexibility index (Phi) is 6.64. The molecule has 0 aromatic heterocycles. The van der Waals surface area contributed by atoms with Crippen molar-refractivity contribution in [3.05, 3.63) is 71.4 Å². The molecule has 2 aromatic carbocycles. The summed E-state index contributed by atoms with van der Waals surface area (Å²) in [5.41, 5.74) is 5.58. The smallest absolute Gasteiger partial charge is 0.159 e. The second-order valence-electron chi connectivity index (χ2n) is 8.86. The average Bonchev–Trinajstić information content (AvgIpc) is 2.77. The summed E-state index contributed by atoms with van der Waals surface area (Å²) in [6, 6.07) is 15.6. The summed E-state index contributed by atoms with van der Waals surface area (Å²) < 4.78 is 26.7. The van der Waals surface area contributed by atoms with E-state index >= 15 is 0 Å². The van der Waals surface area contributed by atoms with Gasteiger partial charge in [0.15, 0.2) is 11.6 Å². The maximum Gasteiger partial charge on any atom is 0.159 e. The molecular formula is C26H31F2Si. The molecule has 1 heterocycles. The summed E-state index contributed by atoms with van der Waals surface area (Å²) in [5, 5.41) is 0. The van der Waals surface area contributed by atoms with Crippen molar-refractivity contribution in [2.45, 2.75) is 63.5 Å². The second-order valence-corrected chi connectivity index (χ2v) is 11.5. The van der Waals surface area contributed by atoms with E-state index in [-0.39, 0.29) is 8.80 Å². The van der Waals surface area contributed by atoms with Crippen molar-refractivity contribution in [3.63, 3.8) is 0 Å². The number of allylic oxidation sites excluding steroid dienone is 1. The van der Waals surface area contributed by atoms with E-state index in [4.69, 9.17) is 0 Å². The van der Waals surface area contributed by atoms with E-state index in [9.17, 15) is 8.78 Å². The molecule has 2 fully saturated rings. The van der Waals surface area contributed by atoms with Crippen LogP contribution in [-0.2, 0) is 0 Å². The highest BCUT2D eigenvalue weighted by Gasteiger charge is 2.31. The largest absolute Gasteiger partial charge is 0.204 e. The zero-order valence-electron chi connectivity index (χ0n) is 17.3. The van der Waals surface area contributed by atoms with E-state index in [1.165, 1.54) is 68.3 Å². The zero-order valence-corrected chi connectivity index (χ0v) is 18.3. The van der Waals surface area contributed by atoms with Crippen molar-refractivity contribution in [1.82, 2.24) is 0 Å². The fourth-order valence-corrected chi connectivity index (χ4v) is 7.97. The third-order valence-corrected chi connectivity index (χ3v) is 9.81. The first-order chi connectivity index (χ1) is 14.1. The Morgan fingerprint density at radius 1 is 0.759 bits per heavy atom. The van der Waals surface area contributed by atoms with Crippen LogP contribution in [0.2, 0.25) is 12.1 Å². The van der Waals surface area contributed by atoms with Gasteiger partial charge in [0.2, 0.25) is 0 Å². The van der Waals surface area contributed by atoms with Crippen LogP contribution in [0.1, 0.15) is 56.9 Å². The lowest BCUT2D eigenvalue weighted by Crippen LogP contribution is -2.27. The molecule has 0 spiro atoms. The maximum absolute atomic E-state index is 13.5. The summed E-state index contributed by atoms with van der Waals surface area (Å²) in [6.07, 6.45) is 10.5. The van der Waals surface area contributed by atoms with Crippen molar-refractivity contribution in [2.75, 3.05) is 0 Å². The van der Waals surface area contributed by atoms with Crippen LogP contribution in [-0.4, -0.2) is 8.80 Å². The number of hydrogen-bond donors (Lipinski definition) is 0. The van der Waals surface area contributed by atoms with Gasteiger partial charge in [-0.3, -0.25) is 0 Å². The first-order valence-electron chi connectivity index (χ1n) is 11.2. The standard InChI is InChI=1S/C26H31F2Si/c1-2-15-29-16-13-23(14-17-29)21-5-3-19(4-6-21)20-7-9-22(10-8-20)24-11-12-25(27)26(28)18-24/h2,7-12,15,18-19,21,23H,3-6,13-14,16-17H2,1H3/b15-2+. The Balaban J connectivity index is 1.32. The topological polar surface area (TPSA) is 0 Å². The highest BCUT2D eigenvalue weighted by Crippen LogP contribution is 2.43. The molecule has 2 aliphatic rings. The third-order valence-electron chi connectivity index (χ3n) is 7.15. The summed E-state index contributed by atoms with van der Waals surface area (Å²) in [4.78, 5) is 0. The summed E-state index contributed by atoms with van der Waals surface area (Å²) in [7, 11) is -0.179. The molecule has 153 valence electrons. The molecule has 0 unspecified atom stereocenters. The fourth-order valence-electron chi connectivity index (χ4n) is 5.43. The Labute approximate surface area is 175 Å². The second kappa shape index (κ2) is 9.38. The minimum absolute atomic E-state index is 0.179. The molecule has 1 saturated heterocycles. The number of benzene rings is 2. The minimum atomic E-state index is -0.792. The molecule has 0 bridgehead atoms. The number of rotatable bonds is 4. The van der Waals surface area contributed by atoms with Crippen LogP contribution in [0, 0.1) is 23.5 Å². The summed E-state index contributed by atoms with van der Waals surface area (Å²) in [6.45, 7) is 2.16. The molecule has 1 saturated carbocycles. The first-order valence-corrected chi connectivity index (χ1v) is 13.2. The molecule has 2 aromatic rings. The predicted molar refractivity (Wildman–Crippen MR) is 119 cm³/mol. The van der Waals surface area contributed by atoms with Crippen molar-refractivity contribution in [2.24, 2.45) is 11.8 Å². The van der Waals surface area contributed by atoms with E-state index in [0.717, 1.165) is 23.0 Å². The molecular weight excluding hydrogens is 378 g/mol. The zero-order chi connectivity index (χ0) is 20.2. The fraction of sp³-hybridized carbons (Fsp3) is 0.462. The van der Waals surface area contributed by atoms with Crippen LogP contribution < -0.4 is 0 Å². The highest BCUT2D eigenvalue weighted by molar-refractivity contribution is 6.64. The van der Waals surface area contributed by atoms with Gasteiger partial charge in [-0.05, 0) is 79.2 Å². The highest BCUT2D eigenvalue weighted by atomic mass is 28.3. The minimum Gasteiger partial charge on any atom is -0.204 e. The van der Waals surface area contributed by atoms with Gasteiger partial charge in [-0.25, -0.2) is 8.78 Å². The normalized spacial score (nSPS) is 24.2. The van der Waals surface area contributed by atoms with Gasteiger partial charge in [-0.1, -0.05) is 61.3 Å². The average molecular weight is 410 g/mol. The molecule has 1 radical (unpaired) electrons. The summed E-state index contributed by atoms with van der Waals surface area (Å²) >= 11 is 0. The van der Waals surface area contributed by atoms with Crippen molar-refractivity contribution < 1.29 is 8.78 Å². The van der Waals surface area contributed by atoms with E-state index in [0.29, 0.717) is 5.92 Å². The lowest BCUT2D eigenvalue weighted by atomic mass is 9.72. The maximum atomic E-state index is 13.5. The SMILES string of the molecule is C/C=C/[Si]1CCC(C2CCC(c3ccc(-c4ccc(F)c(F)c4)cc3)CC2)CC1. The van der Waals surface area contributed by atoms with E-state index in [2.05, 4.69) is 43.0 Å². The quantitative estimate of drug-likeness (QED) is 0.450. The summed E-state index contributed by atoms with van der Waals surface area (Å²) in [5.74, 6) is 0.967. The van der Waals surface area contributed by atoms with Gasteiger partial charge in [0.1, 0.15) is 0 Å². The van der Waals surface area contributed by atoms with Crippen LogP contribution in [0.4, 0.5) is 8.78 Å². The van der Waals surface area contributed by atoms with Gasteiger partial charge in [0.05, 0.1) is 8.80 Å². The van der Waals surface area contributed by atoms with Gasteiger partial charge in [-0.15, -0.1) is 5.70 Å². The monoisotopic (exact) mass is 409 g/mol. The Hall–Kier alpha value is -1.74. The molecule has 29 heavy (non-hydrogen) atoms. The lowest BCUT2D eigenvalue weighted by molar-refractivity contribution is 0.216. The van der Waals surface area contributed by atoms with Gasteiger partial charge in [-0.2, -0.15) is 0 Å². The number of hydrogen-bond acceptors (Lipinski definition) is 0. The molecule has 0 amide bonds. The molecule has 0 nitrogen and oxygen atoms in total. The first kappa shape index (κ1) is 20.5. The predicted octanol–water partition coefficient (Wildman–Crippen LogP) is 7.93. The van der Waals surface area contributed by atoms with Crippen LogP contribution in [0.3, 0.4) is 0 Å². The molecule has 4 rings (SSSR count). The molecule has 0 N–H and O–H groups in total. The van der Waals surface area contributed by atoms with Crippen molar-refractivity contribution >= 4 is 8.80 Å². The van der Waals surface area contributed by atoms with E-state index in [1.807, 2.05) is 0 Å². The van der Waals surface area contributed by atoms with Crippen molar-refractivity contribution in [3.8, 4) is 11.1 Å². The Bertz CT molecular complexity index is 826. The van der Waals surface area contributed by atoms with Crippen LogP contribution >= 0.6 is 0 Å². The Morgan fingerprint density at radius 2 is 1.38 bits per heavy atom. The Morgan fingerprint density at radius 3 is 2.00 bits per heavy atom. The van der Waals surface area contributed by atoms with Gasteiger partial charge in [0.25, 0.3) is 0 Å².